The van der Waals surface area contributed by atoms with E-state index >= 15 is 0 Å². The fraction of sp³-hybridized carbons (Fsp3) is 0.273. The van der Waals surface area contributed by atoms with Crippen LogP contribution in [0.5, 0.6) is 5.75 Å². The molecule has 5 nitrogen and oxygen atoms in total. The number of aromatic nitrogens is 2. The summed E-state index contributed by atoms with van der Waals surface area (Å²) in [7, 11) is 0. The molecule has 1 aromatic heterocycles. The van der Waals surface area contributed by atoms with Crippen LogP contribution in [-0.4, -0.2) is 22.3 Å². The van der Waals surface area contributed by atoms with Crippen molar-refractivity contribution in [2.24, 2.45) is 0 Å². The van der Waals surface area contributed by atoms with Crippen molar-refractivity contribution in [2.45, 2.75) is 32.2 Å². The second-order valence-electron chi connectivity index (χ2n) is 7.33. The van der Waals surface area contributed by atoms with Gasteiger partial charge in [-0.05, 0) is 48.4 Å². The first-order valence-electron chi connectivity index (χ1n) is 9.51. The first-order valence-corrected chi connectivity index (χ1v) is 10.3. The van der Waals surface area contributed by atoms with Crippen LogP contribution in [0.1, 0.15) is 53.8 Å². The van der Waals surface area contributed by atoms with E-state index in [2.05, 4.69) is 26.3 Å². The highest BCUT2D eigenvalue weighted by Gasteiger charge is 2.27. The Bertz CT molecular complexity index is 1050. The molecule has 0 bridgehead atoms. The smallest absolute Gasteiger partial charge is 0.255 e. The van der Waals surface area contributed by atoms with Crippen LogP contribution < -0.4 is 10.1 Å². The number of halogens is 2. The molecule has 0 fully saturated rings. The number of nitrogens with one attached hydrogen (secondary N) is 1. The first kappa shape index (κ1) is 19.6. The Morgan fingerprint density at radius 1 is 1.28 bits per heavy atom. The Balaban J connectivity index is 1.65. The van der Waals surface area contributed by atoms with Gasteiger partial charge in [-0.2, -0.15) is 5.10 Å². The standard InChI is InChI=1S/C22H21BrFN3O2/c1-13(2)21-18(12-25-27(21)16-6-4-15(24)5-7-16)22(28)26-19-9-10-29-20-8-3-14(23)11-17(19)20/h3-8,11-13,19H,9-10H2,1-2H3,(H,26,28). The third-order valence-corrected chi connectivity index (χ3v) is 5.48. The maximum Gasteiger partial charge on any atom is 0.255 e. The molecule has 1 unspecified atom stereocenters. The van der Waals surface area contributed by atoms with Gasteiger partial charge in [0.05, 0.1) is 35.8 Å². The van der Waals surface area contributed by atoms with Crippen molar-refractivity contribution in [3.05, 3.63) is 75.8 Å². The Morgan fingerprint density at radius 3 is 2.76 bits per heavy atom. The minimum atomic E-state index is -0.311. The van der Waals surface area contributed by atoms with Gasteiger partial charge in [-0.25, -0.2) is 9.07 Å². The fourth-order valence-corrected chi connectivity index (χ4v) is 4.01. The normalized spacial score (nSPS) is 15.7. The zero-order chi connectivity index (χ0) is 20.5. The molecule has 1 N–H and O–H groups in total. The van der Waals surface area contributed by atoms with Gasteiger partial charge < -0.3 is 10.1 Å². The monoisotopic (exact) mass is 457 g/mol. The number of benzene rings is 2. The van der Waals surface area contributed by atoms with E-state index in [1.54, 1.807) is 23.0 Å². The predicted molar refractivity (Wildman–Crippen MR) is 112 cm³/mol. The van der Waals surface area contributed by atoms with E-state index in [0.717, 1.165) is 27.2 Å². The van der Waals surface area contributed by atoms with E-state index in [9.17, 15) is 9.18 Å². The maximum atomic E-state index is 13.3. The lowest BCUT2D eigenvalue weighted by atomic mass is 9.99. The van der Waals surface area contributed by atoms with E-state index in [1.165, 1.54) is 12.1 Å². The lowest BCUT2D eigenvalue weighted by molar-refractivity contribution is 0.0923. The summed E-state index contributed by atoms with van der Waals surface area (Å²) in [4.78, 5) is 13.2. The number of hydrogen-bond acceptors (Lipinski definition) is 3. The van der Waals surface area contributed by atoms with E-state index in [1.807, 2.05) is 32.0 Å². The minimum Gasteiger partial charge on any atom is -0.493 e. The van der Waals surface area contributed by atoms with Gasteiger partial charge in [0, 0.05) is 16.5 Å². The van der Waals surface area contributed by atoms with Crippen molar-refractivity contribution in [1.29, 1.82) is 0 Å². The Kier molecular flexibility index (Phi) is 5.41. The average molecular weight is 458 g/mol. The van der Waals surface area contributed by atoms with E-state index in [-0.39, 0.29) is 23.7 Å². The third kappa shape index (κ3) is 3.92. The summed E-state index contributed by atoms with van der Waals surface area (Å²) >= 11 is 3.49. The molecule has 7 heteroatoms. The topological polar surface area (TPSA) is 56.1 Å². The van der Waals surface area contributed by atoms with Gasteiger partial charge in [-0.3, -0.25) is 4.79 Å². The van der Waals surface area contributed by atoms with Gasteiger partial charge >= 0.3 is 0 Å². The summed E-state index contributed by atoms with van der Waals surface area (Å²) in [5, 5.41) is 7.55. The Labute approximate surface area is 177 Å². The van der Waals surface area contributed by atoms with Crippen LogP contribution in [0.4, 0.5) is 4.39 Å². The second kappa shape index (κ2) is 7.99. The molecule has 1 amide bonds. The van der Waals surface area contributed by atoms with E-state index in [4.69, 9.17) is 4.74 Å². The summed E-state index contributed by atoms with van der Waals surface area (Å²) in [6.45, 7) is 4.56. The third-order valence-electron chi connectivity index (χ3n) is 4.99. The zero-order valence-corrected chi connectivity index (χ0v) is 17.7. The Hall–Kier alpha value is -2.67. The number of fused-ring (bicyclic) bond motifs is 1. The minimum absolute atomic E-state index is 0.0550. The van der Waals surface area contributed by atoms with Gasteiger partial charge in [0.2, 0.25) is 0 Å². The van der Waals surface area contributed by atoms with Crippen LogP contribution in [0.15, 0.2) is 53.1 Å². The highest BCUT2D eigenvalue weighted by molar-refractivity contribution is 9.10. The number of carbonyl (C=O) groups excluding carboxylic acids is 1. The number of carbonyl (C=O) groups is 1. The lowest BCUT2D eigenvalue weighted by Crippen LogP contribution is -2.32. The molecule has 0 saturated carbocycles. The summed E-state index contributed by atoms with van der Waals surface area (Å²) in [6, 6.07) is 11.7. The predicted octanol–water partition coefficient (Wildman–Crippen LogP) is 5.15. The van der Waals surface area contributed by atoms with Crippen LogP contribution in [0.3, 0.4) is 0 Å². The molecule has 0 radical (unpaired) electrons. The van der Waals surface area contributed by atoms with E-state index < -0.39 is 0 Å². The van der Waals surface area contributed by atoms with Crippen molar-refractivity contribution >= 4 is 21.8 Å². The highest BCUT2D eigenvalue weighted by Crippen LogP contribution is 2.34. The molecular weight excluding hydrogens is 437 g/mol. The second-order valence-corrected chi connectivity index (χ2v) is 8.25. The molecule has 2 heterocycles. The van der Waals surface area contributed by atoms with Crippen LogP contribution in [-0.2, 0) is 0 Å². The van der Waals surface area contributed by atoms with Crippen molar-refractivity contribution < 1.29 is 13.9 Å². The number of rotatable bonds is 4. The highest BCUT2D eigenvalue weighted by atomic mass is 79.9. The molecule has 0 spiro atoms. The molecule has 150 valence electrons. The molecule has 3 aromatic rings. The Morgan fingerprint density at radius 2 is 2.03 bits per heavy atom. The molecule has 0 saturated heterocycles. The van der Waals surface area contributed by atoms with E-state index in [0.29, 0.717) is 18.6 Å². The van der Waals surface area contributed by atoms with Crippen molar-refractivity contribution in [3.8, 4) is 11.4 Å². The van der Waals surface area contributed by atoms with Crippen molar-refractivity contribution in [2.75, 3.05) is 6.61 Å². The number of nitrogens with zero attached hydrogens (tertiary/aromatic N) is 2. The average Bonchev–Trinajstić information content (AvgIpc) is 3.14. The fourth-order valence-electron chi connectivity index (χ4n) is 3.63. The molecule has 4 rings (SSSR count). The summed E-state index contributed by atoms with van der Waals surface area (Å²) < 4.78 is 21.6. The SMILES string of the molecule is CC(C)c1c(C(=O)NC2CCOc3ccc(Br)cc32)cnn1-c1ccc(F)cc1. The van der Waals surface area contributed by atoms with Crippen LogP contribution in [0, 0.1) is 5.82 Å². The summed E-state index contributed by atoms with van der Waals surface area (Å²) in [6.07, 6.45) is 2.27. The zero-order valence-electron chi connectivity index (χ0n) is 16.2. The van der Waals surface area contributed by atoms with Gasteiger partial charge in [0.25, 0.3) is 5.91 Å². The van der Waals surface area contributed by atoms with Gasteiger partial charge in [-0.1, -0.05) is 29.8 Å². The quantitative estimate of drug-likeness (QED) is 0.589. The molecule has 1 aliphatic heterocycles. The molecule has 0 aliphatic carbocycles. The number of hydrogen-bond donors (Lipinski definition) is 1. The first-order chi connectivity index (χ1) is 13.9. The molecule has 1 aliphatic rings. The van der Waals surface area contributed by atoms with Gasteiger partial charge in [0.15, 0.2) is 0 Å². The van der Waals surface area contributed by atoms with Gasteiger partial charge in [-0.15, -0.1) is 0 Å². The van der Waals surface area contributed by atoms with Crippen molar-refractivity contribution in [1.82, 2.24) is 15.1 Å². The summed E-state index contributed by atoms with van der Waals surface area (Å²) in [5.74, 6) is 0.351. The van der Waals surface area contributed by atoms with Crippen LogP contribution in [0.2, 0.25) is 0 Å². The summed E-state index contributed by atoms with van der Waals surface area (Å²) in [5.41, 5.74) is 2.98. The lowest BCUT2D eigenvalue weighted by Gasteiger charge is -2.27. The van der Waals surface area contributed by atoms with Crippen LogP contribution in [0.25, 0.3) is 5.69 Å². The van der Waals surface area contributed by atoms with Crippen LogP contribution >= 0.6 is 15.9 Å². The van der Waals surface area contributed by atoms with Crippen molar-refractivity contribution in [3.63, 3.8) is 0 Å². The molecule has 2 aromatic carbocycles. The molecular formula is C22H21BrFN3O2. The number of ether oxygens (including phenoxy) is 1. The largest absolute Gasteiger partial charge is 0.493 e. The maximum absolute atomic E-state index is 13.3. The van der Waals surface area contributed by atoms with Gasteiger partial charge in [0.1, 0.15) is 11.6 Å². The number of amides is 1. The molecule has 1 atom stereocenters. The molecule has 29 heavy (non-hydrogen) atoms.